The van der Waals surface area contributed by atoms with Gasteiger partial charge < -0.3 is 4.74 Å². The predicted molar refractivity (Wildman–Crippen MR) is 165 cm³/mol. The van der Waals surface area contributed by atoms with Crippen LogP contribution < -0.4 is 4.74 Å². The van der Waals surface area contributed by atoms with Crippen molar-refractivity contribution in [1.82, 2.24) is 14.7 Å². The van der Waals surface area contributed by atoms with Gasteiger partial charge in [0.15, 0.2) is 0 Å². The lowest BCUT2D eigenvalue weighted by Crippen LogP contribution is -2.43. The Balaban J connectivity index is 1.55. The lowest BCUT2D eigenvalue weighted by atomic mass is 9.93. The Kier molecular flexibility index (Phi) is 8.70. The molecule has 42 heavy (non-hydrogen) atoms. The standard InChI is InChI=1S/C34H30N4O3S/c1-4-42-29-16-12-25(13-17-29)32-26(22-38(36-32)27-8-6-5-7-9-27)20-30-23(2)31(21-35)34(40)37(33(30)39)19-18-24-10-14-28(41-3)15-11-24/h5-17,20,22H,4,18-19H2,1-3H3/b30-20+. The molecule has 2 amide bonds. The quantitative estimate of drug-likeness (QED) is 0.129. The molecule has 5 rings (SSSR count). The zero-order valence-electron chi connectivity index (χ0n) is 23.7. The second-order valence-corrected chi connectivity index (χ2v) is 11.0. The third-order valence-corrected chi connectivity index (χ3v) is 8.00. The molecule has 2 heterocycles. The molecular weight excluding hydrogens is 544 g/mol. The summed E-state index contributed by atoms with van der Waals surface area (Å²) in [5, 5.41) is 14.8. The molecule has 7 nitrogen and oxygen atoms in total. The van der Waals surface area contributed by atoms with Crippen molar-refractivity contribution in [2.24, 2.45) is 0 Å². The van der Waals surface area contributed by atoms with E-state index < -0.39 is 11.8 Å². The highest BCUT2D eigenvalue weighted by atomic mass is 32.2. The van der Waals surface area contributed by atoms with Crippen molar-refractivity contribution in [2.75, 3.05) is 19.4 Å². The van der Waals surface area contributed by atoms with Crippen molar-refractivity contribution < 1.29 is 14.3 Å². The van der Waals surface area contributed by atoms with Crippen LogP contribution >= 0.6 is 11.8 Å². The van der Waals surface area contributed by atoms with Crippen LogP contribution in [0.25, 0.3) is 23.0 Å². The van der Waals surface area contributed by atoms with E-state index in [0.717, 1.165) is 33.2 Å². The maximum atomic E-state index is 13.8. The molecule has 0 N–H and O–H groups in total. The van der Waals surface area contributed by atoms with Crippen molar-refractivity contribution in [3.8, 4) is 28.8 Å². The number of para-hydroxylation sites is 1. The van der Waals surface area contributed by atoms with Gasteiger partial charge in [-0.3, -0.25) is 14.5 Å². The summed E-state index contributed by atoms with van der Waals surface area (Å²) in [4.78, 5) is 29.4. The van der Waals surface area contributed by atoms with Crippen LogP contribution in [0.5, 0.6) is 5.75 Å². The van der Waals surface area contributed by atoms with Crippen LogP contribution in [0.3, 0.4) is 0 Å². The van der Waals surface area contributed by atoms with Crippen molar-refractivity contribution >= 4 is 29.7 Å². The molecular formula is C34H30N4O3S. The van der Waals surface area contributed by atoms with Gasteiger partial charge in [0, 0.05) is 34.3 Å². The number of nitriles is 1. The Bertz CT molecular complexity index is 1710. The van der Waals surface area contributed by atoms with Crippen LogP contribution in [0, 0.1) is 11.3 Å². The average molecular weight is 575 g/mol. The van der Waals surface area contributed by atoms with E-state index in [1.54, 1.807) is 36.6 Å². The molecule has 8 heteroatoms. The van der Waals surface area contributed by atoms with Crippen molar-refractivity contribution in [3.63, 3.8) is 0 Å². The number of methoxy groups -OCH3 is 1. The topological polar surface area (TPSA) is 88.2 Å². The molecule has 0 saturated carbocycles. The normalized spacial score (nSPS) is 14.4. The van der Waals surface area contributed by atoms with Gasteiger partial charge in [0.05, 0.1) is 18.5 Å². The number of amides is 2. The van der Waals surface area contributed by atoms with Crippen LogP contribution in [0.2, 0.25) is 0 Å². The molecule has 210 valence electrons. The maximum Gasteiger partial charge on any atom is 0.271 e. The SMILES string of the molecule is CCSc1ccc(-c2nn(-c3ccccc3)cc2/C=C2/C(=O)N(CCc3ccc(OC)cc3)C(=O)C(C#N)=C2C)cc1. The number of thioether (sulfide) groups is 1. The minimum absolute atomic E-state index is 0.0338. The van der Waals surface area contributed by atoms with Gasteiger partial charge >= 0.3 is 0 Å². The molecule has 4 aromatic rings. The van der Waals surface area contributed by atoms with Gasteiger partial charge in [0.1, 0.15) is 17.4 Å². The number of ether oxygens (including phenoxy) is 1. The van der Waals surface area contributed by atoms with Gasteiger partial charge in [0.25, 0.3) is 11.8 Å². The van der Waals surface area contributed by atoms with Gasteiger partial charge in [-0.2, -0.15) is 10.4 Å². The van der Waals surface area contributed by atoms with E-state index in [1.807, 2.05) is 79.0 Å². The summed E-state index contributed by atoms with van der Waals surface area (Å²) in [6.07, 6.45) is 4.07. The Morgan fingerprint density at radius 1 is 0.976 bits per heavy atom. The molecule has 0 atom stereocenters. The maximum absolute atomic E-state index is 13.8. The number of benzene rings is 3. The third-order valence-electron chi connectivity index (χ3n) is 7.11. The fraction of sp³-hybridized carbons (Fsp3) is 0.176. The highest BCUT2D eigenvalue weighted by molar-refractivity contribution is 7.99. The molecule has 0 fully saturated rings. The first-order valence-corrected chi connectivity index (χ1v) is 14.6. The molecule has 0 spiro atoms. The van der Waals surface area contributed by atoms with E-state index in [4.69, 9.17) is 9.84 Å². The van der Waals surface area contributed by atoms with E-state index in [2.05, 4.69) is 19.1 Å². The summed E-state index contributed by atoms with van der Waals surface area (Å²) < 4.78 is 7.00. The van der Waals surface area contributed by atoms with Gasteiger partial charge in [0.2, 0.25) is 0 Å². The minimum Gasteiger partial charge on any atom is -0.497 e. The van der Waals surface area contributed by atoms with Crippen LogP contribution in [-0.4, -0.2) is 45.9 Å². The number of rotatable bonds is 9. The van der Waals surface area contributed by atoms with Crippen molar-refractivity contribution in [2.45, 2.75) is 25.2 Å². The zero-order chi connectivity index (χ0) is 29.6. The molecule has 0 unspecified atom stereocenters. The molecule has 0 radical (unpaired) electrons. The average Bonchev–Trinajstić information content (AvgIpc) is 3.44. The number of aromatic nitrogens is 2. The van der Waals surface area contributed by atoms with E-state index in [1.165, 1.54) is 4.90 Å². The second-order valence-electron chi connectivity index (χ2n) is 9.70. The minimum atomic E-state index is -0.574. The fourth-order valence-electron chi connectivity index (χ4n) is 4.83. The molecule has 1 aliphatic rings. The highest BCUT2D eigenvalue weighted by Gasteiger charge is 2.35. The lowest BCUT2D eigenvalue weighted by Gasteiger charge is -2.27. The first-order chi connectivity index (χ1) is 20.4. The number of imide groups is 1. The third kappa shape index (κ3) is 5.92. The summed E-state index contributed by atoms with van der Waals surface area (Å²) in [7, 11) is 1.60. The van der Waals surface area contributed by atoms with Gasteiger partial charge in [-0.05, 0) is 72.7 Å². The lowest BCUT2D eigenvalue weighted by molar-refractivity contribution is -0.140. The van der Waals surface area contributed by atoms with Crippen LogP contribution in [-0.2, 0) is 16.0 Å². The molecule has 1 aromatic heterocycles. The second kappa shape index (κ2) is 12.8. The summed E-state index contributed by atoms with van der Waals surface area (Å²) in [5.41, 5.74) is 4.75. The number of hydrogen-bond acceptors (Lipinski definition) is 6. The molecule has 3 aromatic carbocycles. The predicted octanol–water partition coefficient (Wildman–Crippen LogP) is 6.49. The van der Waals surface area contributed by atoms with Crippen molar-refractivity contribution in [3.05, 3.63) is 113 Å². The number of carbonyl (C=O) groups is 2. The smallest absolute Gasteiger partial charge is 0.271 e. The molecule has 0 saturated heterocycles. The Hall–Kier alpha value is -4.87. The number of hydrogen-bond donors (Lipinski definition) is 0. The van der Waals surface area contributed by atoms with Gasteiger partial charge in [-0.1, -0.05) is 49.4 Å². The molecule has 0 aliphatic carbocycles. The molecule has 0 bridgehead atoms. The van der Waals surface area contributed by atoms with Crippen LogP contribution in [0.4, 0.5) is 0 Å². The van der Waals surface area contributed by atoms with Crippen LogP contribution in [0.15, 0.2) is 107 Å². The first kappa shape index (κ1) is 28.7. The zero-order valence-corrected chi connectivity index (χ0v) is 24.5. The Labute approximate surface area is 249 Å². The summed E-state index contributed by atoms with van der Waals surface area (Å²) in [6.45, 7) is 3.91. The van der Waals surface area contributed by atoms with E-state index in [0.29, 0.717) is 28.8 Å². The number of nitrogens with zero attached hydrogens (tertiary/aromatic N) is 4. The van der Waals surface area contributed by atoms with E-state index in [-0.39, 0.29) is 12.1 Å². The highest BCUT2D eigenvalue weighted by Crippen LogP contribution is 2.32. The largest absolute Gasteiger partial charge is 0.497 e. The monoisotopic (exact) mass is 574 g/mol. The van der Waals surface area contributed by atoms with E-state index >= 15 is 0 Å². The van der Waals surface area contributed by atoms with E-state index in [9.17, 15) is 14.9 Å². The Morgan fingerprint density at radius 3 is 2.33 bits per heavy atom. The Morgan fingerprint density at radius 2 is 1.69 bits per heavy atom. The summed E-state index contributed by atoms with van der Waals surface area (Å²) >= 11 is 1.76. The summed E-state index contributed by atoms with van der Waals surface area (Å²) in [5.74, 6) is 0.695. The fourth-order valence-corrected chi connectivity index (χ4v) is 5.49. The van der Waals surface area contributed by atoms with Gasteiger partial charge in [-0.25, -0.2) is 4.68 Å². The van der Waals surface area contributed by atoms with Gasteiger partial charge in [-0.15, -0.1) is 11.8 Å². The van der Waals surface area contributed by atoms with Crippen molar-refractivity contribution in [1.29, 1.82) is 5.26 Å². The first-order valence-electron chi connectivity index (χ1n) is 13.6. The number of carbonyl (C=O) groups excluding carboxylic acids is 2. The molecule has 1 aliphatic heterocycles. The summed E-state index contributed by atoms with van der Waals surface area (Å²) in [6, 6.07) is 27.4. The van der Waals surface area contributed by atoms with Crippen LogP contribution in [0.1, 0.15) is 25.0 Å².